The number of carbonyl (C=O) groups is 2. The van der Waals surface area contributed by atoms with E-state index in [1.807, 2.05) is 73.7 Å². The highest BCUT2D eigenvalue weighted by Crippen LogP contribution is 2.21. The Morgan fingerprint density at radius 3 is 2.24 bits per heavy atom. The number of benzene rings is 3. The Hall–Kier alpha value is -3.17. The summed E-state index contributed by atoms with van der Waals surface area (Å²) in [7, 11) is -3.55. The number of sulfonamides is 1. The first-order valence-electron chi connectivity index (χ1n) is 14.0. The molecule has 3 aromatic rings. The number of nitrogens with zero attached hydrogens (tertiary/aromatic N) is 2. The predicted molar refractivity (Wildman–Crippen MR) is 169 cm³/mol. The minimum atomic E-state index is -3.55. The van der Waals surface area contributed by atoms with Gasteiger partial charge in [-0.25, -0.2) is 8.42 Å². The van der Waals surface area contributed by atoms with E-state index in [0.717, 1.165) is 34.0 Å². The Morgan fingerprint density at radius 2 is 1.61 bits per heavy atom. The summed E-state index contributed by atoms with van der Waals surface area (Å²) in [6.45, 7) is 4.96. The van der Waals surface area contributed by atoms with E-state index in [2.05, 4.69) is 28.2 Å². The molecule has 0 heterocycles. The first kappa shape index (κ1) is 32.3. The van der Waals surface area contributed by atoms with Gasteiger partial charge in [-0.2, -0.15) is 0 Å². The van der Waals surface area contributed by atoms with Crippen LogP contribution in [-0.2, 0) is 32.6 Å². The summed E-state index contributed by atoms with van der Waals surface area (Å²) >= 11 is 3.51. The van der Waals surface area contributed by atoms with Gasteiger partial charge in [0.15, 0.2) is 0 Å². The molecule has 3 rings (SSSR count). The van der Waals surface area contributed by atoms with Crippen LogP contribution in [-0.4, -0.2) is 50.5 Å². The van der Waals surface area contributed by atoms with Crippen LogP contribution in [0, 0.1) is 6.92 Å². The van der Waals surface area contributed by atoms with Gasteiger partial charge in [-0.05, 0) is 55.2 Å². The van der Waals surface area contributed by atoms with Crippen molar-refractivity contribution in [3.63, 3.8) is 0 Å². The van der Waals surface area contributed by atoms with Crippen molar-refractivity contribution < 1.29 is 18.0 Å². The van der Waals surface area contributed by atoms with Crippen molar-refractivity contribution in [2.75, 3.05) is 23.7 Å². The molecule has 0 bridgehead atoms. The Labute approximate surface area is 253 Å². The highest BCUT2D eigenvalue weighted by Gasteiger charge is 2.30. The summed E-state index contributed by atoms with van der Waals surface area (Å²) in [4.78, 5) is 29.1. The number of rotatable bonds is 15. The molecule has 41 heavy (non-hydrogen) atoms. The molecule has 0 aliphatic heterocycles. The zero-order valence-electron chi connectivity index (χ0n) is 24.1. The number of halogens is 1. The predicted octanol–water partition coefficient (Wildman–Crippen LogP) is 5.86. The largest absolute Gasteiger partial charge is 0.354 e. The van der Waals surface area contributed by atoms with E-state index in [1.165, 1.54) is 10.6 Å². The molecule has 1 atom stereocenters. The van der Waals surface area contributed by atoms with Crippen LogP contribution in [0.3, 0.4) is 0 Å². The average Bonchev–Trinajstić information content (AvgIpc) is 2.93. The van der Waals surface area contributed by atoms with Gasteiger partial charge in [-0.3, -0.25) is 13.9 Å². The molecule has 0 fully saturated rings. The number of hydrogen-bond donors (Lipinski definition) is 1. The van der Waals surface area contributed by atoms with Gasteiger partial charge < -0.3 is 10.2 Å². The third kappa shape index (κ3) is 10.3. The Kier molecular flexibility index (Phi) is 12.4. The molecule has 2 amide bonds. The normalized spacial score (nSPS) is 12.0. The van der Waals surface area contributed by atoms with E-state index in [0.29, 0.717) is 25.1 Å². The van der Waals surface area contributed by atoms with Crippen LogP contribution >= 0.6 is 15.9 Å². The SMILES string of the molecule is CCCCNC(=O)[C@@H](Cc1ccccc1)N(Cc1cccc(Br)c1)C(=O)CCCN(c1ccc(C)cc1)S(C)(=O)=O. The Morgan fingerprint density at radius 1 is 0.927 bits per heavy atom. The van der Waals surface area contributed by atoms with Gasteiger partial charge in [-0.15, -0.1) is 0 Å². The van der Waals surface area contributed by atoms with Gasteiger partial charge in [-0.1, -0.05) is 89.4 Å². The van der Waals surface area contributed by atoms with E-state index in [4.69, 9.17) is 0 Å². The maximum absolute atomic E-state index is 13.9. The van der Waals surface area contributed by atoms with Gasteiger partial charge in [0, 0.05) is 36.9 Å². The molecule has 0 unspecified atom stereocenters. The molecule has 0 saturated heterocycles. The molecule has 9 heteroatoms. The van der Waals surface area contributed by atoms with Crippen molar-refractivity contribution in [3.05, 3.63) is 100 Å². The summed E-state index contributed by atoms with van der Waals surface area (Å²) in [6.07, 6.45) is 3.75. The second kappa shape index (κ2) is 15.7. The molecule has 0 radical (unpaired) electrons. The lowest BCUT2D eigenvalue weighted by molar-refractivity contribution is -0.141. The van der Waals surface area contributed by atoms with Gasteiger partial charge in [0.2, 0.25) is 21.8 Å². The standard InChI is InChI=1S/C32H40BrN3O4S/c1-4-5-20-34-32(38)30(23-26-11-7-6-8-12-26)35(24-27-13-9-14-28(33)22-27)31(37)15-10-21-36(41(3,39)40)29-18-16-25(2)17-19-29/h6-9,11-14,16-19,22,30H,4-5,10,15,20-21,23-24H2,1-3H3,(H,34,38)/t30-/m1/s1. The third-order valence-corrected chi connectivity index (χ3v) is 8.50. The fourth-order valence-corrected chi connectivity index (χ4v) is 6.02. The number of hydrogen-bond acceptors (Lipinski definition) is 4. The summed E-state index contributed by atoms with van der Waals surface area (Å²) in [5, 5.41) is 3.03. The molecule has 0 spiro atoms. The molecule has 0 aliphatic rings. The maximum Gasteiger partial charge on any atom is 0.243 e. The molecule has 220 valence electrons. The van der Waals surface area contributed by atoms with E-state index in [1.54, 1.807) is 17.0 Å². The van der Waals surface area contributed by atoms with E-state index in [-0.39, 0.29) is 31.3 Å². The Balaban J connectivity index is 1.86. The number of unbranched alkanes of at least 4 members (excludes halogenated alkanes) is 1. The fraction of sp³-hybridized carbons (Fsp3) is 0.375. The second-order valence-electron chi connectivity index (χ2n) is 10.3. The smallest absolute Gasteiger partial charge is 0.243 e. The highest BCUT2D eigenvalue weighted by atomic mass is 79.9. The van der Waals surface area contributed by atoms with Gasteiger partial charge in [0.1, 0.15) is 6.04 Å². The fourth-order valence-electron chi connectivity index (χ4n) is 4.61. The number of aryl methyl sites for hydroxylation is 1. The molecule has 3 aromatic carbocycles. The maximum atomic E-state index is 13.9. The zero-order chi connectivity index (χ0) is 29.8. The van der Waals surface area contributed by atoms with Crippen LogP contribution in [0.5, 0.6) is 0 Å². The minimum Gasteiger partial charge on any atom is -0.354 e. The monoisotopic (exact) mass is 641 g/mol. The van der Waals surface area contributed by atoms with Crippen LogP contribution in [0.1, 0.15) is 49.3 Å². The zero-order valence-corrected chi connectivity index (χ0v) is 26.5. The summed E-state index contributed by atoms with van der Waals surface area (Å²) in [6, 6.07) is 23.9. The van der Waals surface area contributed by atoms with Gasteiger partial charge in [0.25, 0.3) is 0 Å². The van der Waals surface area contributed by atoms with E-state index in [9.17, 15) is 18.0 Å². The van der Waals surface area contributed by atoms with Crippen LogP contribution in [0.4, 0.5) is 5.69 Å². The first-order valence-corrected chi connectivity index (χ1v) is 16.6. The molecule has 7 nitrogen and oxygen atoms in total. The van der Waals surface area contributed by atoms with Crippen molar-refractivity contribution >= 4 is 43.5 Å². The first-order chi connectivity index (χ1) is 19.6. The lowest BCUT2D eigenvalue weighted by Gasteiger charge is -2.32. The summed E-state index contributed by atoms with van der Waals surface area (Å²) in [5.74, 6) is -0.392. The van der Waals surface area contributed by atoms with Crippen molar-refractivity contribution in [2.45, 2.75) is 58.5 Å². The van der Waals surface area contributed by atoms with Crippen molar-refractivity contribution in [1.29, 1.82) is 0 Å². The quantitative estimate of drug-likeness (QED) is 0.211. The van der Waals surface area contributed by atoms with E-state index < -0.39 is 16.1 Å². The van der Waals surface area contributed by atoms with E-state index >= 15 is 0 Å². The molecular weight excluding hydrogens is 602 g/mol. The van der Waals surface area contributed by atoms with Crippen molar-refractivity contribution in [1.82, 2.24) is 10.2 Å². The van der Waals surface area contributed by atoms with Crippen LogP contribution in [0.15, 0.2) is 83.3 Å². The van der Waals surface area contributed by atoms with Crippen molar-refractivity contribution in [2.24, 2.45) is 0 Å². The lowest BCUT2D eigenvalue weighted by Crippen LogP contribution is -2.50. The Bertz CT molecular complexity index is 1380. The summed E-state index contributed by atoms with van der Waals surface area (Å²) in [5.41, 5.74) is 3.44. The highest BCUT2D eigenvalue weighted by molar-refractivity contribution is 9.10. The second-order valence-corrected chi connectivity index (χ2v) is 13.1. The lowest BCUT2D eigenvalue weighted by atomic mass is 10.0. The summed E-state index contributed by atoms with van der Waals surface area (Å²) < 4.78 is 27.4. The third-order valence-electron chi connectivity index (χ3n) is 6.82. The number of carbonyl (C=O) groups excluding carboxylic acids is 2. The minimum absolute atomic E-state index is 0.0966. The number of amides is 2. The molecule has 0 aliphatic carbocycles. The number of anilines is 1. The molecule has 1 N–H and O–H groups in total. The van der Waals surface area contributed by atoms with Gasteiger partial charge in [0.05, 0.1) is 11.9 Å². The van der Waals surface area contributed by atoms with Crippen molar-refractivity contribution in [3.8, 4) is 0 Å². The van der Waals surface area contributed by atoms with Crippen LogP contribution in [0.2, 0.25) is 0 Å². The topological polar surface area (TPSA) is 86.8 Å². The molecular formula is C32H40BrN3O4S. The average molecular weight is 643 g/mol. The number of nitrogens with one attached hydrogen (secondary N) is 1. The molecule has 0 aromatic heterocycles. The van der Waals surface area contributed by atoms with Gasteiger partial charge >= 0.3 is 0 Å². The van der Waals surface area contributed by atoms with Crippen LogP contribution < -0.4 is 9.62 Å². The molecule has 0 saturated carbocycles. The van der Waals surface area contributed by atoms with Crippen LogP contribution in [0.25, 0.3) is 0 Å².